The fourth-order valence-corrected chi connectivity index (χ4v) is 7.69. The van der Waals surface area contributed by atoms with Gasteiger partial charge in [-0.1, -0.05) is 19.8 Å². The van der Waals surface area contributed by atoms with Crippen LogP contribution in [-0.2, 0) is 6.67 Å². The van der Waals surface area contributed by atoms with Crippen LogP contribution in [0.25, 0.3) is 11.1 Å². The maximum atomic E-state index is 15.1. The van der Waals surface area contributed by atoms with Gasteiger partial charge in [0, 0.05) is 11.6 Å². The molecule has 0 spiro atoms. The summed E-state index contributed by atoms with van der Waals surface area (Å²) in [7, 11) is 0. The molecule has 0 aliphatic heterocycles. The van der Waals surface area contributed by atoms with Crippen molar-refractivity contribution in [3.05, 3.63) is 53.3 Å². The second-order valence-electron chi connectivity index (χ2n) is 12.7. The van der Waals surface area contributed by atoms with Crippen molar-refractivity contribution in [1.82, 2.24) is 0 Å². The van der Waals surface area contributed by atoms with Crippen LogP contribution in [-0.4, -0.2) is 6.11 Å². The highest BCUT2D eigenvalue weighted by Gasteiger charge is 2.45. The lowest BCUT2D eigenvalue weighted by Crippen LogP contribution is -2.38. The summed E-state index contributed by atoms with van der Waals surface area (Å²) >= 11 is 0. The van der Waals surface area contributed by atoms with E-state index >= 15 is 8.78 Å². The quantitative estimate of drug-likeness (QED) is 0.303. The van der Waals surface area contributed by atoms with E-state index in [1.165, 1.54) is 57.4 Å². The van der Waals surface area contributed by atoms with Crippen LogP contribution >= 0.6 is 0 Å². The summed E-state index contributed by atoms with van der Waals surface area (Å²) in [5.41, 5.74) is -1.07. The van der Waals surface area contributed by atoms with Gasteiger partial charge < -0.3 is 4.74 Å². The van der Waals surface area contributed by atoms with E-state index in [4.69, 9.17) is 4.74 Å². The summed E-state index contributed by atoms with van der Waals surface area (Å²) in [5.74, 6) is -0.796. The number of hydrogen-bond acceptors (Lipinski definition) is 1. The molecule has 1 nitrogen and oxygen atoms in total. The Morgan fingerprint density at radius 2 is 1.15 bits per heavy atom. The number of ether oxygens (including phenoxy) is 1. The van der Waals surface area contributed by atoms with Crippen molar-refractivity contribution in [2.75, 3.05) is 0 Å². The van der Waals surface area contributed by atoms with Crippen LogP contribution in [0.5, 0.6) is 5.75 Å². The number of hydrogen-bond donors (Lipinski definition) is 0. The Bertz CT molecular complexity index is 1120. The lowest BCUT2D eigenvalue weighted by molar-refractivity contribution is -0.224. The molecule has 40 heavy (non-hydrogen) atoms. The van der Waals surface area contributed by atoms with Gasteiger partial charge in [0.1, 0.15) is 29.9 Å². The van der Waals surface area contributed by atoms with Gasteiger partial charge in [-0.15, -0.1) is 0 Å². The van der Waals surface area contributed by atoms with E-state index in [0.29, 0.717) is 24.7 Å². The first-order valence-electron chi connectivity index (χ1n) is 15.0. The fourth-order valence-electron chi connectivity index (χ4n) is 7.69. The summed E-state index contributed by atoms with van der Waals surface area (Å²) in [5, 5.41) is 0. The average molecular weight is 567 g/mol. The molecule has 0 bridgehead atoms. The predicted octanol–water partition coefficient (Wildman–Crippen LogP) is 10.7. The normalized spacial score (nSPS) is 29.8. The third-order valence-electron chi connectivity index (χ3n) is 10.2. The Kier molecular flexibility index (Phi) is 9.06. The van der Waals surface area contributed by atoms with Crippen molar-refractivity contribution in [2.24, 2.45) is 35.5 Å². The molecule has 0 heterocycles. The van der Waals surface area contributed by atoms with Crippen LogP contribution in [0.2, 0.25) is 0 Å². The second-order valence-corrected chi connectivity index (χ2v) is 12.7. The topological polar surface area (TPSA) is 9.23 Å². The van der Waals surface area contributed by atoms with E-state index in [1.807, 2.05) is 0 Å². The van der Waals surface area contributed by atoms with Crippen molar-refractivity contribution in [3.8, 4) is 16.9 Å². The molecule has 2 aromatic carbocycles. The Morgan fingerprint density at radius 1 is 0.675 bits per heavy atom. The SMILES string of the molecule is CC1CCC(C2CCC(C3CCC(C(F)(F)Oc4ccc(-c5cc(F)c(CF)c(F)c5)c(F)c4)CC3)CC2)CC1. The average Bonchev–Trinajstić information content (AvgIpc) is 2.93. The van der Waals surface area contributed by atoms with Crippen LogP contribution < -0.4 is 4.74 Å². The molecule has 0 unspecified atom stereocenters. The molecular formula is C33H40F6O. The molecule has 0 radical (unpaired) electrons. The van der Waals surface area contributed by atoms with E-state index in [0.717, 1.165) is 54.9 Å². The number of benzene rings is 2. The van der Waals surface area contributed by atoms with Gasteiger partial charge in [-0.25, -0.2) is 17.6 Å². The van der Waals surface area contributed by atoms with Crippen LogP contribution in [0.1, 0.15) is 89.5 Å². The third-order valence-corrected chi connectivity index (χ3v) is 10.2. The lowest BCUT2D eigenvalue weighted by Gasteiger charge is -2.41. The first kappa shape index (κ1) is 29.3. The molecule has 3 fully saturated rings. The Labute approximate surface area is 233 Å². The van der Waals surface area contributed by atoms with Crippen molar-refractivity contribution >= 4 is 0 Å². The van der Waals surface area contributed by atoms with Gasteiger partial charge >= 0.3 is 6.11 Å². The van der Waals surface area contributed by atoms with Gasteiger partial charge in [0.25, 0.3) is 0 Å². The summed E-state index contributed by atoms with van der Waals surface area (Å²) in [6.07, 6.45) is 9.28. The zero-order chi connectivity index (χ0) is 28.4. The molecule has 0 saturated heterocycles. The Morgan fingerprint density at radius 3 is 1.62 bits per heavy atom. The van der Waals surface area contributed by atoms with Crippen LogP contribution in [0.15, 0.2) is 30.3 Å². The van der Waals surface area contributed by atoms with E-state index in [2.05, 4.69) is 6.92 Å². The first-order chi connectivity index (χ1) is 19.1. The van der Waals surface area contributed by atoms with E-state index < -0.39 is 41.7 Å². The minimum Gasteiger partial charge on any atom is -0.432 e. The molecule has 3 aliphatic rings. The zero-order valence-corrected chi connectivity index (χ0v) is 23.2. The Balaban J connectivity index is 1.13. The maximum absolute atomic E-state index is 15.1. The van der Waals surface area contributed by atoms with Gasteiger partial charge in [-0.2, -0.15) is 8.78 Å². The lowest BCUT2D eigenvalue weighted by atomic mass is 9.65. The number of halogens is 6. The highest BCUT2D eigenvalue weighted by Crippen LogP contribution is 2.48. The molecule has 7 heteroatoms. The largest absolute Gasteiger partial charge is 0.432 e. The molecule has 0 aromatic heterocycles. The summed E-state index contributed by atoms with van der Waals surface area (Å²) < 4.78 is 90.7. The molecule has 2 aromatic rings. The van der Waals surface area contributed by atoms with E-state index in [-0.39, 0.29) is 16.9 Å². The molecular weight excluding hydrogens is 526 g/mol. The minimum absolute atomic E-state index is 0.149. The third kappa shape index (κ3) is 6.49. The van der Waals surface area contributed by atoms with Gasteiger partial charge in [0.05, 0.1) is 11.5 Å². The van der Waals surface area contributed by atoms with Crippen molar-refractivity contribution in [3.63, 3.8) is 0 Å². The van der Waals surface area contributed by atoms with E-state index in [1.54, 1.807) is 0 Å². The standard InChI is InChI=1S/C33H40F6O/c1-20-2-4-21(5-3-20)22-6-8-23(9-7-22)24-10-12-26(13-11-24)33(38,39)40-27-14-15-28(32(37)18-27)25-16-30(35)29(19-34)31(36)17-25/h14-18,20-24,26H,2-13,19H2,1H3. The fraction of sp³-hybridized carbons (Fsp3) is 0.636. The zero-order valence-electron chi connectivity index (χ0n) is 23.2. The predicted molar refractivity (Wildman–Crippen MR) is 144 cm³/mol. The molecule has 0 N–H and O–H groups in total. The van der Waals surface area contributed by atoms with Crippen molar-refractivity contribution in [1.29, 1.82) is 0 Å². The van der Waals surface area contributed by atoms with Crippen LogP contribution in [0, 0.1) is 53.0 Å². The summed E-state index contributed by atoms with van der Waals surface area (Å²) in [6, 6.07) is 4.77. The maximum Gasteiger partial charge on any atom is 0.400 e. The van der Waals surface area contributed by atoms with Crippen LogP contribution in [0.4, 0.5) is 26.3 Å². The highest BCUT2D eigenvalue weighted by atomic mass is 19.3. The van der Waals surface area contributed by atoms with Gasteiger partial charge in [0.2, 0.25) is 0 Å². The van der Waals surface area contributed by atoms with Crippen molar-refractivity contribution < 1.29 is 31.1 Å². The summed E-state index contributed by atoms with van der Waals surface area (Å²) in [6.45, 7) is 1.03. The minimum atomic E-state index is -3.45. The number of alkyl halides is 3. The van der Waals surface area contributed by atoms with Gasteiger partial charge in [-0.3, -0.25) is 0 Å². The second kappa shape index (κ2) is 12.4. The smallest absolute Gasteiger partial charge is 0.400 e. The highest BCUT2D eigenvalue weighted by molar-refractivity contribution is 5.65. The molecule has 3 saturated carbocycles. The molecule has 0 atom stereocenters. The van der Waals surface area contributed by atoms with Gasteiger partial charge in [-0.05, 0) is 124 Å². The van der Waals surface area contributed by atoms with Gasteiger partial charge in [0.15, 0.2) is 0 Å². The molecule has 0 amide bonds. The van der Waals surface area contributed by atoms with E-state index in [9.17, 15) is 17.6 Å². The molecule has 5 rings (SSSR count). The van der Waals surface area contributed by atoms with Crippen molar-refractivity contribution in [2.45, 2.75) is 96.8 Å². The monoisotopic (exact) mass is 566 g/mol. The van der Waals surface area contributed by atoms with Crippen LogP contribution in [0.3, 0.4) is 0 Å². The number of rotatable bonds is 7. The first-order valence-corrected chi connectivity index (χ1v) is 15.0. The summed E-state index contributed by atoms with van der Waals surface area (Å²) in [4.78, 5) is 0. The molecule has 220 valence electrons. The molecule has 3 aliphatic carbocycles. The Hall–Kier alpha value is -2.18.